The zero-order chi connectivity index (χ0) is 18.1. The fourth-order valence-corrected chi connectivity index (χ4v) is 3.04. The summed E-state index contributed by atoms with van der Waals surface area (Å²) in [6.07, 6.45) is 5.07. The van der Waals surface area contributed by atoms with E-state index in [0.29, 0.717) is 23.8 Å². The van der Waals surface area contributed by atoms with Crippen LogP contribution in [0.2, 0.25) is 0 Å². The van der Waals surface area contributed by atoms with Crippen molar-refractivity contribution in [1.82, 2.24) is 24.8 Å². The van der Waals surface area contributed by atoms with Crippen molar-refractivity contribution in [3.63, 3.8) is 0 Å². The van der Waals surface area contributed by atoms with Crippen molar-refractivity contribution in [2.45, 2.75) is 19.5 Å². The third kappa shape index (κ3) is 2.77. The molecule has 0 saturated heterocycles. The van der Waals surface area contributed by atoms with Crippen LogP contribution in [0, 0.1) is 0 Å². The van der Waals surface area contributed by atoms with Crippen LogP contribution in [-0.2, 0) is 6.54 Å². The standard InChI is InChI=1S/C19H17N5O2/c1-12-15-10-22-18(17-20-8-3-9-21-17)23-16(15)11-24(12)19(25)13-4-6-14(26-2)7-5-13/h3-10,12H,11H2,1-2H3. The average molecular weight is 347 g/mol. The predicted molar refractivity (Wildman–Crippen MR) is 94.3 cm³/mol. The molecule has 1 unspecified atom stereocenters. The zero-order valence-corrected chi connectivity index (χ0v) is 14.5. The minimum atomic E-state index is -0.0923. The number of hydrogen-bond acceptors (Lipinski definition) is 6. The van der Waals surface area contributed by atoms with Crippen LogP contribution in [-0.4, -0.2) is 37.9 Å². The maximum Gasteiger partial charge on any atom is 0.254 e. The molecule has 1 aromatic carbocycles. The van der Waals surface area contributed by atoms with Crippen molar-refractivity contribution >= 4 is 5.91 Å². The lowest BCUT2D eigenvalue weighted by Gasteiger charge is -2.21. The van der Waals surface area contributed by atoms with Crippen LogP contribution >= 0.6 is 0 Å². The zero-order valence-electron chi connectivity index (χ0n) is 14.5. The first-order valence-corrected chi connectivity index (χ1v) is 8.25. The second-order valence-corrected chi connectivity index (χ2v) is 6.01. The predicted octanol–water partition coefficient (Wildman–Crippen LogP) is 2.66. The molecule has 0 spiro atoms. The SMILES string of the molecule is COc1ccc(C(=O)N2Cc3nc(-c4ncccn4)ncc3C2C)cc1. The Hall–Kier alpha value is -3.35. The van der Waals surface area contributed by atoms with Gasteiger partial charge in [-0.05, 0) is 37.3 Å². The number of aromatic nitrogens is 4. The molecule has 0 fully saturated rings. The lowest BCUT2D eigenvalue weighted by molar-refractivity contribution is 0.0704. The van der Waals surface area contributed by atoms with E-state index in [9.17, 15) is 4.79 Å². The molecule has 0 saturated carbocycles. The molecule has 7 nitrogen and oxygen atoms in total. The maximum atomic E-state index is 12.9. The second kappa shape index (κ2) is 6.51. The summed E-state index contributed by atoms with van der Waals surface area (Å²) in [5.74, 6) is 1.62. The number of ether oxygens (including phenoxy) is 1. The quantitative estimate of drug-likeness (QED) is 0.724. The van der Waals surface area contributed by atoms with Gasteiger partial charge in [0, 0.05) is 29.7 Å². The number of fused-ring (bicyclic) bond motifs is 1. The Morgan fingerprint density at radius 3 is 2.54 bits per heavy atom. The number of benzene rings is 1. The van der Waals surface area contributed by atoms with Crippen LogP contribution in [0.15, 0.2) is 48.9 Å². The van der Waals surface area contributed by atoms with Crippen molar-refractivity contribution in [1.29, 1.82) is 0 Å². The van der Waals surface area contributed by atoms with Crippen molar-refractivity contribution in [3.8, 4) is 17.4 Å². The van der Waals surface area contributed by atoms with E-state index >= 15 is 0 Å². The highest BCUT2D eigenvalue weighted by molar-refractivity contribution is 5.95. The number of rotatable bonds is 3. The van der Waals surface area contributed by atoms with Gasteiger partial charge in [-0.3, -0.25) is 4.79 Å². The van der Waals surface area contributed by atoms with E-state index in [4.69, 9.17) is 4.74 Å². The van der Waals surface area contributed by atoms with Gasteiger partial charge in [0.05, 0.1) is 25.4 Å². The van der Waals surface area contributed by atoms with Gasteiger partial charge in [0.25, 0.3) is 5.91 Å². The van der Waals surface area contributed by atoms with Crippen LogP contribution in [0.5, 0.6) is 5.75 Å². The number of carbonyl (C=O) groups excluding carboxylic acids is 1. The van der Waals surface area contributed by atoms with Crippen molar-refractivity contribution in [3.05, 3.63) is 65.7 Å². The van der Waals surface area contributed by atoms with E-state index in [0.717, 1.165) is 17.0 Å². The molecule has 4 rings (SSSR count). The van der Waals surface area contributed by atoms with E-state index in [1.54, 1.807) is 60.9 Å². The van der Waals surface area contributed by atoms with E-state index < -0.39 is 0 Å². The van der Waals surface area contributed by atoms with Gasteiger partial charge < -0.3 is 9.64 Å². The fourth-order valence-electron chi connectivity index (χ4n) is 3.04. The molecule has 1 amide bonds. The third-order valence-corrected chi connectivity index (χ3v) is 4.50. The number of hydrogen-bond donors (Lipinski definition) is 0. The van der Waals surface area contributed by atoms with Crippen molar-refractivity contribution < 1.29 is 9.53 Å². The van der Waals surface area contributed by atoms with Crippen LogP contribution in [0.3, 0.4) is 0 Å². The number of nitrogens with zero attached hydrogens (tertiary/aromatic N) is 5. The molecule has 130 valence electrons. The fraction of sp³-hybridized carbons (Fsp3) is 0.211. The summed E-state index contributed by atoms with van der Waals surface area (Å²) in [7, 11) is 1.60. The molecule has 1 aliphatic rings. The molecular formula is C19H17N5O2. The molecule has 0 aliphatic carbocycles. The van der Waals surface area contributed by atoms with Gasteiger partial charge in [-0.15, -0.1) is 0 Å². The largest absolute Gasteiger partial charge is 0.497 e. The van der Waals surface area contributed by atoms with Crippen LogP contribution in [0.25, 0.3) is 11.6 Å². The molecule has 7 heteroatoms. The van der Waals surface area contributed by atoms with Gasteiger partial charge in [0.1, 0.15) is 5.75 Å². The number of methoxy groups -OCH3 is 1. The highest BCUT2D eigenvalue weighted by Crippen LogP contribution is 2.33. The van der Waals surface area contributed by atoms with E-state index in [2.05, 4.69) is 19.9 Å². The molecule has 3 heterocycles. The summed E-state index contributed by atoms with van der Waals surface area (Å²) in [5, 5.41) is 0. The lowest BCUT2D eigenvalue weighted by Crippen LogP contribution is -2.28. The van der Waals surface area contributed by atoms with Gasteiger partial charge in [-0.25, -0.2) is 19.9 Å². The van der Waals surface area contributed by atoms with E-state index in [-0.39, 0.29) is 11.9 Å². The second-order valence-electron chi connectivity index (χ2n) is 6.01. The van der Waals surface area contributed by atoms with E-state index in [1.165, 1.54) is 0 Å². The Kier molecular flexibility index (Phi) is 4.04. The monoisotopic (exact) mass is 347 g/mol. The summed E-state index contributed by atoms with van der Waals surface area (Å²) < 4.78 is 5.15. The van der Waals surface area contributed by atoms with Gasteiger partial charge >= 0.3 is 0 Å². The summed E-state index contributed by atoms with van der Waals surface area (Å²) in [6.45, 7) is 2.42. The van der Waals surface area contributed by atoms with Gasteiger partial charge in [-0.2, -0.15) is 0 Å². The molecule has 0 bridgehead atoms. The Bertz CT molecular complexity index is 944. The Balaban J connectivity index is 1.61. The van der Waals surface area contributed by atoms with Gasteiger partial charge in [0.15, 0.2) is 11.6 Å². The minimum absolute atomic E-state index is 0.0457. The first-order valence-electron chi connectivity index (χ1n) is 8.25. The number of amides is 1. The van der Waals surface area contributed by atoms with Crippen LogP contribution in [0.1, 0.15) is 34.6 Å². The molecule has 1 atom stereocenters. The molecule has 26 heavy (non-hydrogen) atoms. The molecule has 0 radical (unpaired) electrons. The summed E-state index contributed by atoms with van der Waals surface area (Å²) in [5.41, 5.74) is 2.40. The highest BCUT2D eigenvalue weighted by atomic mass is 16.5. The highest BCUT2D eigenvalue weighted by Gasteiger charge is 2.33. The summed E-state index contributed by atoms with van der Waals surface area (Å²) in [6, 6.07) is 8.76. The van der Waals surface area contributed by atoms with Gasteiger partial charge in [0.2, 0.25) is 0 Å². The van der Waals surface area contributed by atoms with E-state index in [1.807, 2.05) is 6.92 Å². The van der Waals surface area contributed by atoms with Gasteiger partial charge in [-0.1, -0.05) is 0 Å². The molecule has 2 aromatic heterocycles. The van der Waals surface area contributed by atoms with Crippen molar-refractivity contribution in [2.75, 3.05) is 7.11 Å². The van der Waals surface area contributed by atoms with Crippen LogP contribution < -0.4 is 4.74 Å². The lowest BCUT2D eigenvalue weighted by atomic mass is 10.1. The van der Waals surface area contributed by atoms with Crippen molar-refractivity contribution in [2.24, 2.45) is 0 Å². The summed E-state index contributed by atoms with van der Waals surface area (Å²) >= 11 is 0. The Labute approximate surface area is 150 Å². The molecular weight excluding hydrogens is 330 g/mol. The molecule has 3 aromatic rings. The normalized spacial score (nSPS) is 15.6. The smallest absolute Gasteiger partial charge is 0.254 e. The maximum absolute atomic E-state index is 12.9. The van der Waals surface area contributed by atoms with Crippen LogP contribution in [0.4, 0.5) is 0 Å². The first-order chi connectivity index (χ1) is 12.7. The molecule has 1 aliphatic heterocycles. The molecule has 0 N–H and O–H groups in total. The first kappa shape index (κ1) is 16.1. The third-order valence-electron chi connectivity index (χ3n) is 4.50. The average Bonchev–Trinajstić information content (AvgIpc) is 3.04. The Morgan fingerprint density at radius 1 is 1.12 bits per heavy atom. The summed E-state index contributed by atoms with van der Waals surface area (Å²) in [4.78, 5) is 32.0. The topological polar surface area (TPSA) is 81.1 Å². The Morgan fingerprint density at radius 2 is 1.85 bits per heavy atom. The number of carbonyl (C=O) groups is 1. The minimum Gasteiger partial charge on any atom is -0.497 e.